The molecule has 0 radical (unpaired) electrons. The van der Waals surface area contributed by atoms with E-state index in [0.29, 0.717) is 11.3 Å². The molecule has 1 aromatic carbocycles. The molecule has 19 heavy (non-hydrogen) atoms. The molecule has 2 aliphatic heterocycles. The van der Waals surface area contributed by atoms with E-state index in [2.05, 4.69) is 33.5 Å². The van der Waals surface area contributed by atoms with Crippen molar-refractivity contribution in [3.8, 4) is 5.75 Å². The molecule has 104 valence electrons. The molecule has 3 N–H and O–H groups in total. The Balaban J connectivity index is 1.81. The number of nitrogens with one attached hydrogen (secondary N) is 1. The minimum atomic E-state index is 0.329. The van der Waals surface area contributed by atoms with Crippen LogP contribution < -0.4 is 16.0 Å². The van der Waals surface area contributed by atoms with Crippen molar-refractivity contribution in [1.29, 1.82) is 0 Å². The van der Waals surface area contributed by atoms with Crippen molar-refractivity contribution in [2.24, 2.45) is 5.84 Å². The predicted molar refractivity (Wildman–Crippen MR) is 83.6 cm³/mol. The standard InChI is InChI=1S/C14H19BrN2OS/c15-11-6-9-3-4-18-14(9)10(7-11)8-12(17-16)13-2-1-5-19-13/h6-7,12-13,17H,1-5,8,16H2. The third kappa shape index (κ3) is 2.94. The number of benzene rings is 1. The third-order valence-electron chi connectivity index (χ3n) is 3.89. The lowest BCUT2D eigenvalue weighted by Gasteiger charge is -2.23. The Morgan fingerprint density at radius 3 is 3.16 bits per heavy atom. The number of rotatable bonds is 4. The fraction of sp³-hybridized carbons (Fsp3) is 0.571. The molecular weight excluding hydrogens is 324 g/mol. The zero-order chi connectivity index (χ0) is 13.2. The maximum absolute atomic E-state index is 5.80. The molecule has 1 saturated heterocycles. The van der Waals surface area contributed by atoms with Crippen molar-refractivity contribution in [1.82, 2.24) is 5.43 Å². The molecular formula is C14H19BrN2OS. The Bertz CT molecular complexity index is 463. The van der Waals surface area contributed by atoms with Crippen molar-refractivity contribution < 1.29 is 4.74 Å². The molecule has 0 aromatic heterocycles. The normalized spacial score (nSPS) is 23.2. The van der Waals surface area contributed by atoms with Crippen LogP contribution in [0, 0.1) is 0 Å². The summed E-state index contributed by atoms with van der Waals surface area (Å²) in [5, 5.41) is 0.626. The van der Waals surface area contributed by atoms with Gasteiger partial charge >= 0.3 is 0 Å². The molecule has 3 nitrogen and oxygen atoms in total. The second-order valence-electron chi connectivity index (χ2n) is 5.18. The number of fused-ring (bicyclic) bond motifs is 1. The van der Waals surface area contributed by atoms with Crippen LogP contribution in [0.2, 0.25) is 0 Å². The number of halogens is 1. The molecule has 0 saturated carbocycles. The summed E-state index contributed by atoms with van der Waals surface area (Å²) in [4.78, 5) is 0. The molecule has 0 amide bonds. The van der Waals surface area contributed by atoms with Crippen LogP contribution in [0.15, 0.2) is 16.6 Å². The lowest BCUT2D eigenvalue weighted by atomic mass is 9.98. The highest BCUT2D eigenvalue weighted by Gasteiger charge is 2.27. The topological polar surface area (TPSA) is 47.3 Å². The number of ether oxygens (including phenoxy) is 1. The highest BCUT2D eigenvalue weighted by Crippen LogP contribution is 2.36. The number of thioether (sulfide) groups is 1. The van der Waals surface area contributed by atoms with Gasteiger partial charge in [-0.15, -0.1) is 0 Å². The summed E-state index contributed by atoms with van der Waals surface area (Å²) in [6.45, 7) is 0.803. The summed E-state index contributed by atoms with van der Waals surface area (Å²) in [6, 6.07) is 4.67. The molecule has 0 spiro atoms. The molecule has 1 fully saturated rings. The van der Waals surface area contributed by atoms with Crippen LogP contribution in [-0.4, -0.2) is 23.7 Å². The van der Waals surface area contributed by atoms with Crippen LogP contribution in [-0.2, 0) is 12.8 Å². The van der Waals surface area contributed by atoms with Crippen molar-refractivity contribution in [3.05, 3.63) is 27.7 Å². The van der Waals surface area contributed by atoms with Gasteiger partial charge < -0.3 is 4.74 Å². The number of hydrogen-bond acceptors (Lipinski definition) is 4. The van der Waals surface area contributed by atoms with Crippen LogP contribution in [0.4, 0.5) is 0 Å². The van der Waals surface area contributed by atoms with E-state index in [1.807, 2.05) is 11.8 Å². The Kier molecular flexibility index (Phi) is 4.37. The molecule has 2 unspecified atom stereocenters. The van der Waals surface area contributed by atoms with E-state index in [-0.39, 0.29) is 0 Å². The number of nitrogens with two attached hydrogens (primary N) is 1. The molecule has 2 aliphatic rings. The average molecular weight is 343 g/mol. The molecule has 5 heteroatoms. The summed E-state index contributed by atoms with van der Waals surface area (Å²) in [7, 11) is 0. The van der Waals surface area contributed by atoms with E-state index in [9.17, 15) is 0 Å². The fourth-order valence-electron chi connectivity index (χ4n) is 2.95. The van der Waals surface area contributed by atoms with E-state index in [1.54, 1.807) is 0 Å². The van der Waals surface area contributed by atoms with E-state index in [4.69, 9.17) is 10.6 Å². The van der Waals surface area contributed by atoms with Crippen LogP contribution in [0.25, 0.3) is 0 Å². The zero-order valence-corrected chi connectivity index (χ0v) is 13.2. The molecule has 3 rings (SSSR count). The number of hydrogen-bond donors (Lipinski definition) is 2. The van der Waals surface area contributed by atoms with Gasteiger partial charge in [-0.2, -0.15) is 11.8 Å². The first-order valence-corrected chi connectivity index (χ1v) is 8.64. The van der Waals surface area contributed by atoms with Gasteiger partial charge in [-0.1, -0.05) is 15.9 Å². The van der Waals surface area contributed by atoms with E-state index in [0.717, 1.165) is 29.7 Å². The summed E-state index contributed by atoms with van der Waals surface area (Å²) in [5.41, 5.74) is 5.61. The van der Waals surface area contributed by atoms with E-state index in [1.165, 1.54) is 29.7 Å². The predicted octanol–water partition coefficient (Wildman–Crippen LogP) is 2.65. The van der Waals surface area contributed by atoms with E-state index < -0.39 is 0 Å². The Labute approximate surface area is 126 Å². The summed E-state index contributed by atoms with van der Waals surface area (Å²) in [6.07, 6.45) is 4.52. The van der Waals surface area contributed by atoms with Gasteiger partial charge in [-0.3, -0.25) is 11.3 Å². The fourth-order valence-corrected chi connectivity index (χ4v) is 4.88. The lowest BCUT2D eigenvalue weighted by Crippen LogP contribution is -2.43. The molecule has 2 heterocycles. The average Bonchev–Trinajstić information content (AvgIpc) is 3.05. The minimum Gasteiger partial charge on any atom is -0.493 e. The van der Waals surface area contributed by atoms with Crippen molar-refractivity contribution in [3.63, 3.8) is 0 Å². The molecule has 0 bridgehead atoms. The molecule has 2 atom stereocenters. The Hall–Kier alpha value is -0.230. The van der Waals surface area contributed by atoms with Gasteiger partial charge in [0.1, 0.15) is 5.75 Å². The number of hydrazine groups is 1. The Morgan fingerprint density at radius 2 is 2.42 bits per heavy atom. The van der Waals surface area contributed by atoms with Gasteiger partial charge in [0.15, 0.2) is 0 Å². The monoisotopic (exact) mass is 342 g/mol. The van der Waals surface area contributed by atoms with Crippen LogP contribution >= 0.6 is 27.7 Å². The Morgan fingerprint density at radius 1 is 1.53 bits per heavy atom. The highest BCUT2D eigenvalue weighted by molar-refractivity contribution is 9.10. The first-order chi connectivity index (χ1) is 9.28. The maximum atomic E-state index is 5.80. The third-order valence-corrected chi connectivity index (χ3v) is 5.87. The zero-order valence-electron chi connectivity index (χ0n) is 10.8. The largest absolute Gasteiger partial charge is 0.493 e. The first kappa shape index (κ1) is 13.7. The minimum absolute atomic E-state index is 0.329. The smallest absolute Gasteiger partial charge is 0.125 e. The molecule has 1 aromatic rings. The van der Waals surface area contributed by atoms with Gasteiger partial charge in [-0.25, -0.2) is 0 Å². The second-order valence-corrected chi connectivity index (χ2v) is 7.44. The van der Waals surface area contributed by atoms with E-state index >= 15 is 0 Å². The first-order valence-electron chi connectivity index (χ1n) is 6.80. The maximum Gasteiger partial charge on any atom is 0.125 e. The van der Waals surface area contributed by atoms with Crippen molar-refractivity contribution in [2.75, 3.05) is 12.4 Å². The summed E-state index contributed by atoms with van der Waals surface area (Å²) in [5.74, 6) is 8.12. The molecule has 0 aliphatic carbocycles. The van der Waals surface area contributed by atoms with Gasteiger partial charge in [0, 0.05) is 22.2 Å². The van der Waals surface area contributed by atoms with Gasteiger partial charge in [0.05, 0.1) is 6.61 Å². The van der Waals surface area contributed by atoms with Gasteiger partial charge in [0.2, 0.25) is 0 Å². The summed E-state index contributed by atoms with van der Waals surface area (Å²) >= 11 is 5.64. The summed E-state index contributed by atoms with van der Waals surface area (Å²) < 4.78 is 6.94. The second kappa shape index (κ2) is 6.04. The van der Waals surface area contributed by atoms with Gasteiger partial charge in [-0.05, 0) is 48.3 Å². The van der Waals surface area contributed by atoms with Crippen LogP contribution in [0.3, 0.4) is 0 Å². The van der Waals surface area contributed by atoms with Crippen molar-refractivity contribution >= 4 is 27.7 Å². The van der Waals surface area contributed by atoms with Crippen molar-refractivity contribution in [2.45, 2.75) is 37.0 Å². The van der Waals surface area contributed by atoms with Crippen LogP contribution in [0.5, 0.6) is 5.75 Å². The quantitative estimate of drug-likeness (QED) is 0.652. The van der Waals surface area contributed by atoms with Gasteiger partial charge in [0.25, 0.3) is 0 Å². The SMILES string of the molecule is NNC(Cc1cc(Br)cc2c1OCC2)C1CCCS1. The lowest BCUT2D eigenvalue weighted by molar-refractivity contribution is 0.351. The van der Waals surface area contributed by atoms with Crippen LogP contribution in [0.1, 0.15) is 24.0 Å². The highest BCUT2D eigenvalue weighted by atomic mass is 79.9.